The summed E-state index contributed by atoms with van der Waals surface area (Å²) >= 11 is 0. The second kappa shape index (κ2) is 8.65. The quantitative estimate of drug-likeness (QED) is 0.572. The molecule has 0 unspecified atom stereocenters. The minimum Gasteiger partial charge on any atom is -0.399 e. The molecular formula is C26H29BN2O4. The molecular weight excluding hydrogens is 415 g/mol. The van der Waals surface area contributed by atoms with Gasteiger partial charge in [0.2, 0.25) is 5.91 Å². The highest BCUT2D eigenvalue weighted by atomic mass is 16.7. The lowest BCUT2D eigenvalue weighted by Crippen LogP contribution is -2.45. The number of fused-ring (bicyclic) bond motifs is 1. The molecule has 1 atom stereocenters. The van der Waals surface area contributed by atoms with Gasteiger partial charge in [0.25, 0.3) is 5.91 Å². The van der Waals surface area contributed by atoms with Crippen molar-refractivity contribution in [2.75, 3.05) is 0 Å². The zero-order valence-corrected chi connectivity index (χ0v) is 19.4. The maximum Gasteiger partial charge on any atom is 0.494 e. The zero-order chi connectivity index (χ0) is 23.8. The van der Waals surface area contributed by atoms with E-state index in [-0.39, 0.29) is 12.3 Å². The van der Waals surface area contributed by atoms with Gasteiger partial charge in [-0.05, 0) is 61.6 Å². The van der Waals surface area contributed by atoms with Crippen molar-refractivity contribution in [2.45, 2.75) is 51.4 Å². The van der Waals surface area contributed by atoms with Crippen molar-refractivity contribution in [3.8, 4) is 0 Å². The van der Waals surface area contributed by atoms with E-state index < -0.39 is 30.3 Å². The fraction of sp³-hybridized carbons (Fsp3) is 0.308. The van der Waals surface area contributed by atoms with Crippen LogP contribution in [-0.4, -0.2) is 36.2 Å². The Kier molecular flexibility index (Phi) is 6.03. The molecule has 0 saturated carbocycles. The van der Waals surface area contributed by atoms with Gasteiger partial charge in [-0.25, -0.2) is 0 Å². The first-order chi connectivity index (χ1) is 15.6. The molecule has 6 nitrogen and oxygen atoms in total. The third-order valence-electron chi connectivity index (χ3n) is 6.61. The van der Waals surface area contributed by atoms with E-state index in [0.29, 0.717) is 5.56 Å². The maximum atomic E-state index is 12.8. The minimum absolute atomic E-state index is 0.290. The molecule has 4 rings (SSSR count). The Morgan fingerprint density at radius 3 is 2.12 bits per heavy atom. The molecule has 170 valence electrons. The SMILES string of the molecule is CC1(C)OB(c2ccc(C[C@@H](NC(=O)c3ccc4ccccc4c3)C(N)=O)cc2)OC1(C)C. The zero-order valence-electron chi connectivity index (χ0n) is 19.4. The summed E-state index contributed by atoms with van der Waals surface area (Å²) in [7, 11) is -0.455. The first-order valence-corrected chi connectivity index (χ1v) is 11.1. The molecule has 0 aliphatic carbocycles. The predicted octanol–water partition coefficient (Wildman–Crippen LogP) is 2.97. The van der Waals surface area contributed by atoms with Crippen LogP contribution in [0.3, 0.4) is 0 Å². The van der Waals surface area contributed by atoms with Crippen LogP contribution in [0.4, 0.5) is 0 Å². The summed E-state index contributed by atoms with van der Waals surface area (Å²) in [5.41, 5.74) is 7.02. The van der Waals surface area contributed by atoms with Crippen molar-refractivity contribution in [1.29, 1.82) is 0 Å². The third-order valence-corrected chi connectivity index (χ3v) is 6.61. The monoisotopic (exact) mass is 444 g/mol. The highest BCUT2D eigenvalue weighted by Crippen LogP contribution is 2.36. The second-order valence-corrected chi connectivity index (χ2v) is 9.52. The van der Waals surface area contributed by atoms with Gasteiger partial charge in [0.1, 0.15) is 6.04 Å². The number of carbonyl (C=O) groups excluding carboxylic acids is 2. The Balaban J connectivity index is 1.44. The summed E-state index contributed by atoms with van der Waals surface area (Å²) in [6.07, 6.45) is 0.290. The van der Waals surface area contributed by atoms with Crippen molar-refractivity contribution in [3.63, 3.8) is 0 Å². The standard InChI is InChI=1S/C26H29BN2O4/c1-25(2)26(3,4)33-27(32-25)21-13-9-17(10-14-21)15-22(23(28)30)29-24(31)20-12-11-18-7-5-6-8-19(18)16-20/h5-14,16,22H,15H2,1-4H3,(H2,28,30)(H,29,31)/t22-/m1/s1. The summed E-state index contributed by atoms with van der Waals surface area (Å²) < 4.78 is 12.2. The Bertz CT molecular complexity index is 1170. The van der Waals surface area contributed by atoms with Crippen LogP contribution in [0.1, 0.15) is 43.6 Å². The number of hydrogen-bond donors (Lipinski definition) is 2. The fourth-order valence-electron chi connectivity index (χ4n) is 3.82. The minimum atomic E-state index is -0.827. The second-order valence-electron chi connectivity index (χ2n) is 9.52. The highest BCUT2D eigenvalue weighted by molar-refractivity contribution is 6.62. The molecule has 1 saturated heterocycles. The van der Waals surface area contributed by atoms with Crippen LogP contribution in [0, 0.1) is 0 Å². The fourth-order valence-corrected chi connectivity index (χ4v) is 3.82. The molecule has 0 aromatic heterocycles. The van der Waals surface area contributed by atoms with Gasteiger partial charge >= 0.3 is 7.12 Å². The lowest BCUT2D eigenvalue weighted by molar-refractivity contribution is -0.119. The van der Waals surface area contributed by atoms with Crippen molar-refractivity contribution < 1.29 is 18.9 Å². The van der Waals surface area contributed by atoms with Crippen molar-refractivity contribution in [1.82, 2.24) is 5.32 Å². The topological polar surface area (TPSA) is 90.6 Å². The number of amides is 2. The summed E-state index contributed by atoms with van der Waals surface area (Å²) in [6.45, 7) is 8.04. The molecule has 0 spiro atoms. The van der Waals surface area contributed by atoms with Gasteiger partial charge in [-0.1, -0.05) is 54.6 Å². The van der Waals surface area contributed by atoms with E-state index >= 15 is 0 Å². The molecule has 1 aliphatic heterocycles. The van der Waals surface area contributed by atoms with Gasteiger partial charge in [-0.3, -0.25) is 9.59 Å². The number of benzene rings is 3. The Morgan fingerprint density at radius 1 is 0.909 bits per heavy atom. The number of hydrogen-bond acceptors (Lipinski definition) is 4. The molecule has 0 bridgehead atoms. The normalized spacial score (nSPS) is 17.6. The van der Waals surface area contributed by atoms with E-state index in [4.69, 9.17) is 15.0 Å². The lowest BCUT2D eigenvalue weighted by Gasteiger charge is -2.32. The van der Waals surface area contributed by atoms with E-state index in [0.717, 1.165) is 21.8 Å². The van der Waals surface area contributed by atoms with Crippen LogP contribution in [0.2, 0.25) is 0 Å². The van der Waals surface area contributed by atoms with Crippen LogP contribution in [0.5, 0.6) is 0 Å². The summed E-state index contributed by atoms with van der Waals surface area (Å²) in [5.74, 6) is -0.919. The molecule has 7 heteroatoms. The molecule has 3 N–H and O–H groups in total. The van der Waals surface area contributed by atoms with E-state index in [2.05, 4.69) is 5.32 Å². The van der Waals surface area contributed by atoms with Crippen LogP contribution >= 0.6 is 0 Å². The number of carbonyl (C=O) groups is 2. The summed E-state index contributed by atoms with van der Waals surface area (Å²) in [5, 5.41) is 4.78. The number of rotatable bonds is 6. The van der Waals surface area contributed by atoms with Crippen LogP contribution < -0.4 is 16.5 Å². The molecule has 1 heterocycles. The van der Waals surface area contributed by atoms with Crippen LogP contribution in [-0.2, 0) is 20.5 Å². The Hall–Kier alpha value is -3.16. The van der Waals surface area contributed by atoms with Gasteiger partial charge in [0.15, 0.2) is 0 Å². The summed E-state index contributed by atoms with van der Waals surface area (Å²) in [4.78, 5) is 24.9. The van der Waals surface area contributed by atoms with Gasteiger partial charge in [0.05, 0.1) is 11.2 Å². The lowest BCUT2D eigenvalue weighted by atomic mass is 9.78. The molecule has 3 aromatic carbocycles. The van der Waals surface area contributed by atoms with E-state index in [1.165, 1.54) is 0 Å². The Labute approximate surface area is 194 Å². The van der Waals surface area contributed by atoms with Gasteiger partial charge < -0.3 is 20.4 Å². The van der Waals surface area contributed by atoms with Crippen molar-refractivity contribution in [2.24, 2.45) is 5.73 Å². The molecule has 2 amide bonds. The molecule has 3 aromatic rings. The first kappa shape index (κ1) is 23.0. The Morgan fingerprint density at radius 2 is 1.52 bits per heavy atom. The van der Waals surface area contributed by atoms with Gasteiger partial charge in [-0.2, -0.15) is 0 Å². The molecule has 0 radical (unpaired) electrons. The van der Waals surface area contributed by atoms with Gasteiger partial charge in [0, 0.05) is 12.0 Å². The van der Waals surface area contributed by atoms with Crippen molar-refractivity contribution in [3.05, 3.63) is 77.9 Å². The van der Waals surface area contributed by atoms with E-state index in [9.17, 15) is 9.59 Å². The van der Waals surface area contributed by atoms with Crippen molar-refractivity contribution >= 4 is 35.2 Å². The van der Waals surface area contributed by atoms with Gasteiger partial charge in [-0.15, -0.1) is 0 Å². The number of nitrogens with two attached hydrogens (primary N) is 1. The molecule has 1 aliphatic rings. The summed E-state index contributed by atoms with van der Waals surface area (Å²) in [6, 6.07) is 20.0. The average Bonchev–Trinajstić information content (AvgIpc) is 3.00. The first-order valence-electron chi connectivity index (χ1n) is 11.1. The highest BCUT2D eigenvalue weighted by Gasteiger charge is 2.51. The van der Waals surface area contributed by atoms with Crippen LogP contribution in [0.15, 0.2) is 66.7 Å². The maximum absolute atomic E-state index is 12.8. The number of nitrogens with one attached hydrogen (secondary N) is 1. The largest absolute Gasteiger partial charge is 0.494 e. The van der Waals surface area contributed by atoms with E-state index in [1.807, 2.05) is 88.4 Å². The molecule has 1 fully saturated rings. The van der Waals surface area contributed by atoms with E-state index in [1.54, 1.807) is 6.07 Å². The average molecular weight is 444 g/mol. The smallest absolute Gasteiger partial charge is 0.399 e. The third kappa shape index (κ3) is 4.79. The number of primary amides is 1. The van der Waals surface area contributed by atoms with Crippen LogP contribution in [0.25, 0.3) is 10.8 Å². The predicted molar refractivity (Wildman–Crippen MR) is 130 cm³/mol. The molecule has 33 heavy (non-hydrogen) atoms.